The van der Waals surface area contributed by atoms with Gasteiger partial charge < -0.3 is 15.5 Å². The van der Waals surface area contributed by atoms with Crippen molar-refractivity contribution in [2.45, 2.75) is 18.9 Å². The van der Waals surface area contributed by atoms with Gasteiger partial charge in [-0.05, 0) is 18.4 Å². The van der Waals surface area contributed by atoms with Crippen molar-refractivity contribution in [2.75, 3.05) is 33.7 Å². The van der Waals surface area contributed by atoms with Crippen LogP contribution in [-0.4, -0.2) is 66.8 Å². The van der Waals surface area contributed by atoms with Gasteiger partial charge >= 0.3 is 0 Å². The molecular weight excluding hydrogens is 330 g/mol. The van der Waals surface area contributed by atoms with Crippen molar-refractivity contribution in [3.8, 4) is 6.07 Å². The number of rotatable bonds is 8. The van der Waals surface area contributed by atoms with Crippen LogP contribution in [0.1, 0.15) is 12.8 Å². The van der Waals surface area contributed by atoms with E-state index in [0.717, 1.165) is 24.3 Å². The Morgan fingerprint density at radius 3 is 2.58 bits per heavy atom. The molecule has 0 aromatic rings. The first-order valence-corrected chi connectivity index (χ1v) is 8.41. The molecule has 0 radical (unpaired) electrons. The van der Waals surface area contributed by atoms with Crippen LogP contribution in [0.25, 0.3) is 0 Å². The Labute approximate surface area is 155 Å². The van der Waals surface area contributed by atoms with Crippen LogP contribution < -0.4 is 5.73 Å². The highest BCUT2D eigenvalue weighted by atomic mass is 16.2. The maximum absolute atomic E-state index is 12.2. The van der Waals surface area contributed by atoms with Gasteiger partial charge in [-0.3, -0.25) is 14.5 Å². The summed E-state index contributed by atoms with van der Waals surface area (Å²) < 4.78 is 0. The fourth-order valence-corrected chi connectivity index (χ4v) is 2.77. The number of piperidine rings is 1. The van der Waals surface area contributed by atoms with Crippen molar-refractivity contribution in [3.05, 3.63) is 48.4 Å². The molecule has 0 aromatic heterocycles. The molecule has 0 bridgehead atoms. The summed E-state index contributed by atoms with van der Waals surface area (Å²) in [7, 11) is 3.23. The highest BCUT2D eigenvalue weighted by Crippen LogP contribution is 2.19. The molecule has 0 aliphatic carbocycles. The lowest BCUT2D eigenvalue weighted by Crippen LogP contribution is -2.46. The van der Waals surface area contributed by atoms with Crippen molar-refractivity contribution in [2.24, 2.45) is 5.73 Å². The molecule has 0 aromatic carbocycles. The van der Waals surface area contributed by atoms with E-state index in [1.54, 1.807) is 6.08 Å². The Balaban J connectivity index is 3.20. The largest absolute Gasteiger partial charge is 0.357 e. The summed E-state index contributed by atoms with van der Waals surface area (Å²) in [6.45, 7) is 9.16. The Morgan fingerprint density at radius 1 is 1.38 bits per heavy atom. The molecule has 1 unspecified atom stereocenters. The summed E-state index contributed by atoms with van der Waals surface area (Å²) in [5, 5.41) is 9.23. The normalized spacial score (nSPS) is 18.3. The zero-order chi connectivity index (χ0) is 19.7. The fourth-order valence-electron chi connectivity index (χ4n) is 2.77. The van der Waals surface area contributed by atoms with Gasteiger partial charge in [0.25, 0.3) is 5.91 Å². The SMILES string of the molecule is C=C/C(C#N)=C(\C=C)CN(C)/C(=C\C(=O)N(C)C=O)N1CCCC(N)C1. The average molecular weight is 357 g/mol. The zero-order valence-corrected chi connectivity index (χ0v) is 15.5. The molecule has 1 aliphatic heterocycles. The quantitative estimate of drug-likeness (QED) is 0.301. The number of carbonyl (C=O) groups excluding carboxylic acids is 2. The zero-order valence-electron chi connectivity index (χ0n) is 15.5. The highest BCUT2D eigenvalue weighted by molar-refractivity contribution is 5.94. The third-order valence-corrected chi connectivity index (χ3v) is 4.26. The van der Waals surface area contributed by atoms with Gasteiger partial charge in [0.05, 0.1) is 11.6 Å². The van der Waals surface area contributed by atoms with E-state index in [2.05, 4.69) is 19.2 Å². The highest BCUT2D eigenvalue weighted by Gasteiger charge is 2.23. The van der Waals surface area contributed by atoms with E-state index in [4.69, 9.17) is 5.73 Å². The molecule has 0 saturated carbocycles. The third kappa shape index (κ3) is 5.60. The lowest BCUT2D eigenvalue weighted by Gasteiger charge is -2.38. The van der Waals surface area contributed by atoms with E-state index >= 15 is 0 Å². The van der Waals surface area contributed by atoms with E-state index in [1.165, 1.54) is 19.2 Å². The number of allylic oxidation sites excluding steroid dienone is 2. The van der Waals surface area contributed by atoms with Gasteiger partial charge in [0.15, 0.2) is 0 Å². The van der Waals surface area contributed by atoms with Gasteiger partial charge in [-0.2, -0.15) is 5.26 Å². The molecule has 7 heteroatoms. The average Bonchev–Trinajstić information content (AvgIpc) is 2.64. The molecule has 1 rings (SSSR count). The van der Waals surface area contributed by atoms with Crippen molar-refractivity contribution in [1.82, 2.24) is 14.7 Å². The van der Waals surface area contributed by atoms with E-state index in [1.807, 2.05) is 16.8 Å². The van der Waals surface area contributed by atoms with E-state index in [0.29, 0.717) is 36.5 Å². The summed E-state index contributed by atoms with van der Waals surface area (Å²) in [6, 6.07) is 2.12. The number of nitriles is 1. The minimum absolute atomic E-state index is 0.0247. The lowest BCUT2D eigenvalue weighted by atomic mass is 10.1. The maximum Gasteiger partial charge on any atom is 0.256 e. The van der Waals surface area contributed by atoms with Gasteiger partial charge in [-0.1, -0.05) is 25.3 Å². The summed E-state index contributed by atoms with van der Waals surface area (Å²) >= 11 is 0. The third-order valence-electron chi connectivity index (χ3n) is 4.26. The van der Waals surface area contributed by atoms with Gasteiger partial charge in [-0.15, -0.1) is 0 Å². The van der Waals surface area contributed by atoms with Crippen LogP contribution in [0.5, 0.6) is 0 Å². The number of carbonyl (C=O) groups is 2. The molecule has 140 valence electrons. The first-order valence-electron chi connectivity index (χ1n) is 8.41. The molecular formula is C19H27N5O2. The minimum atomic E-state index is -0.422. The van der Waals surface area contributed by atoms with Crippen LogP contribution in [0.2, 0.25) is 0 Å². The van der Waals surface area contributed by atoms with Crippen LogP contribution in [0, 0.1) is 11.3 Å². The second-order valence-electron chi connectivity index (χ2n) is 6.22. The molecule has 0 spiro atoms. The second-order valence-corrected chi connectivity index (χ2v) is 6.22. The first kappa shape index (κ1) is 21.2. The fraction of sp³-hybridized carbons (Fsp3) is 0.421. The molecule has 1 saturated heterocycles. The Bertz CT molecular complexity index is 659. The Morgan fingerprint density at radius 2 is 2.08 bits per heavy atom. The summed E-state index contributed by atoms with van der Waals surface area (Å²) in [4.78, 5) is 28.0. The van der Waals surface area contributed by atoms with E-state index in [-0.39, 0.29) is 6.04 Å². The minimum Gasteiger partial charge on any atom is -0.357 e. The van der Waals surface area contributed by atoms with Crippen molar-refractivity contribution >= 4 is 12.3 Å². The number of likely N-dealkylation sites (tertiary alicyclic amines) is 1. The predicted octanol–water partition coefficient (Wildman–Crippen LogP) is 0.990. The van der Waals surface area contributed by atoms with E-state index in [9.17, 15) is 14.9 Å². The number of nitrogens with two attached hydrogens (primary N) is 1. The van der Waals surface area contributed by atoms with Gasteiger partial charge in [0.2, 0.25) is 6.41 Å². The molecule has 26 heavy (non-hydrogen) atoms. The molecule has 1 fully saturated rings. The number of likely N-dealkylation sites (N-methyl/N-ethyl adjacent to an activating group) is 2. The summed E-state index contributed by atoms with van der Waals surface area (Å²) in [6.07, 6.45) is 6.84. The van der Waals surface area contributed by atoms with Crippen molar-refractivity contribution in [1.29, 1.82) is 5.26 Å². The Hall–Kier alpha value is -2.85. The number of imide groups is 1. The molecule has 7 nitrogen and oxygen atoms in total. The summed E-state index contributed by atoms with van der Waals surface area (Å²) in [5.41, 5.74) is 7.21. The van der Waals surface area contributed by atoms with Crippen molar-refractivity contribution < 1.29 is 9.59 Å². The maximum atomic E-state index is 12.2. The van der Waals surface area contributed by atoms with Crippen LogP contribution in [0.3, 0.4) is 0 Å². The number of hydrogen-bond acceptors (Lipinski definition) is 6. The molecule has 1 aliphatic rings. The molecule has 2 N–H and O–H groups in total. The van der Waals surface area contributed by atoms with Crippen LogP contribution in [0.15, 0.2) is 48.4 Å². The molecule has 1 heterocycles. The van der Waals surface area contributed by atoms with Gasteiger partial charge in [0, 0.05) is 45.8 Å². The lowest BCUT2D eigenvalue weighted by molar-refractivity contribution is -0.132. The molecule has 1 atom stereocenters. The topological polar surface area (TPSA) is 93.7 Å². The van der Waals surface area contributed by atoms with Gasteiger partial charge in [-0.25, -0.2) is 0 Å². The number of amides is 2. The standard InChI is InChI=1S/C19H27N5O2/c1-5-15(11-20)16(6-2)12-22(3)18(10-19(26)23(4)14-25)24-9-7-8-17(21)13-24/h5-6,10,14,17H,1-2,7-9,12-13,21H2,3-4H3/b16-15-,18-10+. The summed E-state index contributed by atoms with van der Waals surface area (Å²) in [5.74, 6) is 0.230. The van der Waals surface area contributed by atoms with Crippen LogP contribution in [-0.2, 0) is 9.59 Å². The predicted molar refractivity (Wildman–Crippen MR) is 101 cm³/mol. The Kier molecular flexibility index (Phi) is 8.32. The van der Waals surface area contributed by atoms with Crippen LogP contribution >= 0.6 is 0 Å². The number of hydrogen-bond donors (Lipinski definition) is 1. The van der Waals surface area contributed by atoms with Gasteiger partial charge in [0.1, 0.15) is 5.82 Å². The smallest absolute Gasteiger partial charge is 0.256 e. The van der Waals surface area contributed by atoms with Crippen molar-refractivity contribution in [3.63, 3.8) is 0 Å². The van der Waals surface area contributed by atoms with E-state index < -0.39 is 5.91 Å². The second kappa shape index (κ2) is 10.2. The monoisotopic (exact) mass is 357 g/mol. The molecule has 2 amide bonds. The number of nitrogens with zero attached hydrogens (tertiary/aromatic N) is 4. The first-order chi connectivity index (χ1) is 12.4. The van der Waals surface area contributed by atoms with Crippen LogP contribution in [0.4, 0.5) is 0 Å².